The number of hydrogen-bond donors (Lipinski definition) is 1. The van der Waals surface area contributed by atoms with E-state index in [0.29, 0.717) is 6.04 Å². The molecule has 1 atom stereocenters. The largest absolute Gasteiger partial charge is 0.317 e. The van der Waals surface area contributed by atoms with Gasteiger partial charge in [0.05, 0.1) is 0 Å². The molecule has 0 fully saturated rings. The normalized spacial score (nSPS) is 13.0. The highest BCUT2D eigenvalue weighted by Gasteiger charge is 2.07. The summed E-state index contributed by atoms with van der Waals surface area (Å²) in [6.07, 6.45) is 5.10. The lowest BCUT2D eigenvalue weighted by molar-refractivity contribution is 0.457. The highest BCUT2D eigenvalue weighted by molar-refractivity contribution is 5.22. The van der Waals surface area contributed by atoms with E-state index in [1.54, 1.807) is 0 Å². The molecule has 0 radical (unpaired) electrons. The number of rotatable bonds is 7. The second-order valence-electron chi connectivity index (χ2n) is 5.50. The van der Waals surface area contributed by atoms with Crippen molar-refractivity contribution in [2.45, 2.75) is 52.5 Å². The summed E-state index contributed by atoms with van der Waals surface area (Å²) >= 11 is 0. The molecule has 1 N–H and O–H groups in total. The first-order chi connectivity index (χ1) is 8.11. The lowest BCUT2D eigenvalue weighted by atomic mass is 9.98. The minimum atomic E-state index is 0.622. The van der Waals surface area contributed by atoms with Gasteiger partial charge >= 0.3 is 0 Å². The molecule has 1 aromatic carbocycles. The van der Waals surface area contributed by atoms with Crippen LogP contribution in [0.1, 0.15) is 44.2 Å². The molecule has 0 aliphatic carbocycles. The van der Waals surface area contributed by atoms with Gasteiger partial charge in [-0.1, -0.05) is 56.5 Å². The van der Waals surface area contributed by atoms with Crippen molar-refractivity contribution in [1.82, 2.24) is 5.32 Å². The van der Waals surface area contributed by atoms with E-state index in [1.165, 1.54) is 30.4 Å². The van der Waals surface area contributed by atoms with Crippen molar-refractivity contribution < 1.29 is 0 Å². The van der Waals surface area contributed by atoms with Crippen LogP contribution in [0, 0.1) is 12.8 Å². The lowest BCUT2D eigenvalue weighted by Crippen LogP contribution is -2.27. The summed E-state index contributed by atoms with van der Waals surface area (Å²) in [6, 6.07) is 9.53. The molecular formula is C16H27N. The van der Waals surface area contributed by atoms with E-state index in [2.05, 4.69) is 57.4 Å². The number of benzene rings is 1. The molecule has 0 saturated carbocycles. The van der Waals surface area contributed by atoms with Gasteiger partial charge < -0.3 is 5.32 Å². The molecule has 1 heteroatoms. The standard InChI is InChI=1S/C16H27N/c1-13(2)6-5-7-16(17-4)12-15-10-8-14(3)9-11-15/h8-11,13,16-17H,5-7,12H2,1-4H3. The van der Waals surface area contributed by atoms with Crippen molar-refractivity contribution >= 4 is 0 Å². The highest BCUT2D eigenvalue weighted by Crippen LogP contribution is 2.12. The van der Waals surface area contributed by atoms with Crippen molar-refractivity contribution in [3.63, 3.8) is 0 Å². The monoisotopic (exact) mass is 233 g/mol. The summed E-state index contributed by atoms with van der Waals surface area (Å²) in [6.45, 7) is 6.74. The second kappa shape index (κ2) is 7.50. The van der Waals surface area contributed by atoms with E-state index in [1.807, 2.05) is 0 Å². The maximum absolute atomic E-state index is 3.44. The minimum Gasteiger partial charge on any atom is -0.317 e. The average molecular weight is 233 g/mol. The third-order valence-corrected chi connectivity index (χ3v) is 3.35. The third-order valence-electron chi connectivity index (χ3n) is 3.35. The number of hydrogen-bond acceptors (Lipinski definition) is 1. The zero-order chi connectivity index (χ0) is 12.7. The predicted molar refractivity (Wildman–Crippen MR) is 76.4 cm³/mol. The van der Waals surface area contributed by atoms with E-state index in [4.69, 9.17) is 0 Å². The maximum atomic E-state index is 3.44. The van der Waals surface area contributed by atoms with Crippen molar-refractivity contribution in [3.8, 4) is 0 Å². The van der Waals surface area contributed by atoms with Gasteiger partial charge in [-0.25, -0.2) is 0 Å². The summed E-state index contributed by atoms with van der Waals surface area (Å²) in [4.78, 5) is 0. The van der Waals surface area contributed by atoms with E-state index in [9.17, 15) is 0 Å². The smallest absolute Gasteiger partial charge is 0.0104 e. The van der Waals surface area contributed by atoms with Crippen LogP contribution in [0.25, 0.3) is 0 Å². The molecule has 0 saturated heterocycles. The van der Waals surface area contributed by atoms with Gasteiger partial charge in [-0.2, -0.15) is 0 Å². The summed E-state index contributed by atoms with van der Waals surface area (Å²) in [7, 11) is 2.08. The Bertz CT molecular complexity index is 300. The van der Waals surface area contributed by atoms with Crippen LogP contribution in [0.4, 0.5) is 0 Å². The molecular weight excluding hydrogens is 206 g/mol. The van der Waals surface area contributed by atoms with Gasteiger partial charge in [0.1, 0.15) is 0 Å². The molecule has 0 aliphatic rings. The molecule has 0 bridgehead atoms. The van der Waals surface area contributed by atoms with E-state index in [0.717, 1.165) is 12.3 Å². The summed E-state index contributed by atoms with van der Waals surface area (Å²) in [5.74, 6) is 0.826. The van der Waals surface area contributed by atoms with Crippen LogP contribution in [0.3, 0.4) is 0 Å². The Kier molecular flexibility index (Phi) is 6.28. The zero-order valence-electron chi connectivity index (χ0n) is 11.8. The van der Waals surface area contributed by atoms with Gasteiger partial charge in [0.25, 0.3) is 0 Å². The fraction of sp³-hybridized carbons (Fsp3) is 0.625. The summed E-state index contributed by atoms with van der Waals surface area (Å²) < 4.78 is 0. The van der Waals surface area contributed by atoms with Crippen LogP contribution >= 0.6 is 0 Å². The molecule has 1 rings (SSSR count). The number of likely N-dealkylation sites (N-methyl/N-ethyl adjacent to an activating group) is 1. The zero-order valence-corrected chi connectivity index (χ0v) is 11.8. The summed E-state index contributed by atoms with van der Waals surface area (Å²) in [5.41, 5.74) is 2.79. The molecule has 1 aromatic rings. The first-order valence-electron chi connectivity index (χ1n) is 6.84. The number of nitrogens with one attached hydrogen (secondary N) is 1. The molecule has 1 nitrogen and oxygen atoms in total. The van der Waals surface area contributed by atoms with Gasteiger partial charge in [-0.3, -0.25) is 0 Å². The van der Waals surface area contributed by atoms with Crippen LogP contribution in [-0.4, -0.2) is 13.1 Å². The molecule has 96 valence electrons. The topological polar surface area (TPSA) is 12.0 Å². The predicted octanol–water partition coefficient (Wildman–Crippen LogP) is 3.95. The first-order valence-corrected chi connectivity index (χ1v) is 6.84. The first kappa shape index (κ1) is 14.2. The molecule has 17 heavy (non-hydrogen) atoms. The lowest BCUT2D eigenvalue weighted by Gasteiger charge is -2.17. The van der Waals surface area contributed by atoms with E-state index < -0.39 is 0 Å². The Morgan fingerprint density at radius 2 is 1.71 bits per heavy atom. The van der Waals surface area contributed by atoms with E-state index >= 15 is 0 Å². The van der Waals surface area contributed by atoms with Crippen LogP contribution in [0.2, 0.25) is 0 Å². The fourth-order valence-corrected chi connectivity index (χ4v) is 2.13. The minimum absolute atomic E-state index is 0.622. The Morgan fingerprint density at radius 1 is 1.06 bits per heavy atom. The third kappa shape index (κ3) is 5.88. The molecule has 0 heterocycles. The fourth-order valence-electron chi connectivity index (χ4n) is 2.13. The van der Waals surface area contributed by atoms with Crippen LogP contribution in [0.15, 0.2) is 24.3 Å². The SMILES string of the molecule is CNC(CCCC(C)C)Cc1ccc(C)cc1. The molecule has 1 unspecified atom stereocenters. The maximum Gasteiger partial charge on any atom is 0.0104 e. The van der Waals surface area contributed by atoms with Crippen molar-refractivity contribution in [2.75, 3.05) is 7.05 Å². The Morgan fingerprint density at radius 3 is 2.24 bits per heavy atom. The van der Waals surface area contributed by atoms with Crippen LogP contribution in [-0.2, 0) is 6.42 Å². The van der Waals surface area contributed by atoms with Gasteiger partial charge in [0.15, 0.2) is 0 Å². The van der Waals surface area contributed by atoms with E-state index in [-0.39, 0.29) is 0 Å². The van der Waals surface area contributed by atoms with Crippen LogP contribution < -0.4 is 5.32 Å². The van der Waals surface area contributed by atoms with Crippen molar-refractivity contribution in [2.24, 2.45) is 5.92 Å². The molecule has 0 aromatic heterocycles. The second-order valence-corrected chi connectivity index (χ2v) is 5.50. The number of aryl methyl sites for hydroxylation is 1. The summed E-state index contributed by atoms with van der Waals surface area (Å²) in [5, 5.41) is 3.44. The Labute approximate surface area is 107 Å². The van der Waals surface area contributed by atoms with Gasteiger partial charge in [0.2, 0.25) is 0 Å². The van der Waals surface area contributed by atoms with Gasteiger partial charge in [0, 0.05) is 6.04 Å². The Balaban J connectivity index is 2.38. The molecule has 0 amide bonds. The highest BCUT2D eigenvalue weighted by atomic mass is 14.9. The van der Waals surface area contributed by atoms with Crippen molar-refractivity contribution in [3.05, 3.63) is 35.4 Å². The van der Waals surface area contributed by atoms with Crippen molar-refractivity contribution in [1.29, 1.82) is 0 Å². The van der Waals surface area contributed by atoms with Crippen LogP contribution in [0.5, 0.6) is 0 Å². The van der Waals surface area contributed by atoms with Gasteiger partial charge in [-0.15, -0.1) is 0 Å². The molecule has 0 spiro atoms. The van der Waals surface area contributed by atoms with Gasteiger partial charge in [-0.05, 0) is 38.3 Å². The quantitative estimate of drug-likeness (QED) is 0.752. The Hall–Kier alpha value is -0.820. The average Bonchev–Trinajstić information content (AvgIpc) is 2.30. The molecule has 0 aliphatic heterocycles.